The average Bonchev–Trinajstić information content (AvgIpc) is 3.30. The molecule has 1 aliphatic rings. The number of nitrogens with zero attached hydrogens (tertiary/aromatic N) is 2. The molecule has 1 atom stereocenters. The normalized spacial score (nSPS) is 15.3. The van der Waals surface area contributed by atoms with E-state index < -0.39 is 0 Å². The minimum absolute atomic E-state index is 0.0239. The summed E-state index contributed by atoms with van der Waals surface area (Å²) in [5.41, 5.74) is 4.02. The highest BCUT2D eigenvalue weighted by Gasteiger charge is 2.34. The summed E-state index contributed by atoms with van der Waals surface area (Å²) < 4.78 is 0. The summed E-state index contributed by atoms with van der Waals surface area (Å²) in [6.07, 6.45) is 1.67. The van der Waals surface area contributed by atoms with Gasteiger partial charge >= 0.3 is 0 Å². The molecule has 34 heavy (non-hydrogen) atoms. The van der Waals surface area contributed by atoms with Crippen molar-refractivity contribution >= 4 is 34.8 Å². The molecule has 178 valence electrons. The van der Waals surface area contributed by atoms with Gasteiger partial charge in [-0.2, -0.15) is 0 Å². The van der Waals surface area contributed by atoms with E-state index in [9.17, 15) is 9.59 Å². The third kappa shape index (κ3) is 5.37. The van der Waals surface area contributed by atoms with Crippen LogP contribution in [-0.2, 0) is 11.2 Å². The first-order valence-electron chi connectivity index (χ1n) is 11.8. The SMILES string of the molecule is Cc1ccccc1C1c2ccsc2CCN1C(=O)CN(CCC(C)C)C(=O)c1cccc(Cl)c1. The highest BCUT2D eigenvalue weighted by Crippen LogP contribution is 2.39. The Kier molecular flexibility index (Phi) is 7.74. The quantitative estimate of drug-likeness (QED) is 0.382. The van der Waals surface area contributed by atoms with Crippen molar-refractivity contribution in [3.8, 4) is 0 Å². The van der Waals surface area contributed by atoms with E-state index in [0.717, 1.165) is 24.0 Å². The zero-order chi connectivity index (χ0) is 24.2. The summed E-state index contributed by atoms with van der Waals surface area (Å²) in [5, 5.41) is 2.63. The van der Waals surface area contributed by atoms with E-state index in [1.807, 2.05) is 17.0 Å². The lowest BCUT2D eigenvalue weighted by Gasteiger charge is -2.38. The molecule has 0 radical (unpaired) electrons. The van der Waals surface area contributed by atoms with Crippen LogP contribution in [0.4, 0.5) is 0 Å². The van der Waals surface area contributed by atoms with Crippen molar-refractivity contribution in [1.29, 1.82) is 0 Å². The maximum atomic E-state index is 13.8. The molecule has 4 nitrogen and oxygen atoms in total. The molecule has 2 aromatic carbocycles. The Morgan fingerprint density at radius 1 is 1.12 bits per heavy atom. The second-order valence-electron chi connectivity index (χ2n) is 9.31. The molecule has 0 bridgehead atoms. The minimum atomic E-state index is -0.155. The molecule has 0 saturated carbocycles. The molecule has 0 N–H and O–H groups in total. The molecule has 0 saturated heterocycles. The number of rotatable bonds is 7. The third-order valence-corrected chi connectivity index (χ3v) is 7.66. The number of carbonyl (C=O) groups excluding carboxylic acids is 2. The number of benzene rings is 2. The van der Waals surface area contributed by atoms with Crippen LogP contribution in [0.3, 0.4) is 0 Å². The first-order chi connectivity index (χ1) is 16.3. The van der Waals surface area contributed by atoms with Gasteiger partial charge in [0.05, 0.1) is 6.04 Å². The second kappa shape index (κ2) is 10.7. The van der Waals surface area contributed by atoms with Gasteiger partial charge in [0.15, 0.2) is 0 Å². The standard InChI is InChI=1S/C28H31ClN2O2S/c1-19(2)11-14-30(28(33)21-8-6-9-22(29)17-21)18-26(32)31-15-12-25-24(13-16-34-25)27(31)23-10-5-4-7-20(23)3/h4-10,13,16-17,19,27H,11-12,14-15,18H2,1-3H3. The van der Waals surface area contributed by atoms with Crippen molar-refractivity contribution in [3.05, 3.63) is 92.1 Å². The molecule has 0 spiro atoms. The number of fused-ring (bicyclic) bond motifs is 1. The molecule has 2 heterocycles. The van der Waals surface area contributed by atoms with E-state index in [-0.39, 0.29) is 24.4 Å². The number of halogens is 1. The molecule has 0 aliphatic carbocycles. The molecule has 0 fully saturated rings. The molecule has 1 aromatic heterocycles. The summed E-state index contributed by atoms with van der Waals surface area (Å²) in [4.78, 5) is 32.2. The molecule has 3 aromatic rings. The monoisotopic (exact) mass is 494 g/mol. The van der Waals surface area contributed by atoms with E-state index in [1.54, 1.807) is 40.5 Å². The number of thiophene rings is 1. The van der Waals surface area contributed by atoms with Gasteiger partial charge in [-0.3, -0.25) is 9.59 Å². The lowest BCUT2D eigenvalue weighted by Crippen LogP contribution is -2.47. The lowest BCUT2D eigenvalue weighted by molar-refractivity contribution is -0.134. The van der Waals surface area contributed by atoms with Gasteiger partial charge in [-0.05, 0) is 72.0 Å². The van der Waals surface area contributed by atoms with Gasteiger partial charge in [0.2, 0.25) is 5.91 Å². The summed E-state index contributed by atoms with van der Waals surface area (Å²) in [6, 6.07) is 17.2. The third-order valence-electron chi connectivity index (χ3n) is 6.43. The fraction of sp³-hybridized carbons (Fsp3) is 0.357. The predicted molar refractivity (Wildman–Crippen MR) is 140 cm³/mol. The Labute approximate surface area is 211 Å². The molecule has 6 heteroatoms. The van der Waals surface area contributed by atoms with E-state index in [2.05, 4.69) is 44.4 Å². The van der Waals surface area contributed by atoms with Crippen molar-refractivity contribution in [2.75, 3.05) is 19.6 Å². The zero-order valence-corrected chi connectivity index (χ0v) is 21.5. The first kappa shape index (κ1) is 24.5. The second-order valence-corrected chi connectivity index (χ2v) is 10.8. The van der Waals surface area contributed by atoms with E-state index in [0.29, 0.717) is 29.6 Å². The maximum Gasteiger partial charge on any atom is 0.254 e. The van der Waals surface area contributed by atoms with E-state index >= 15 is 0 Å². The minimum Gasteiger partial charge on any atom is -0.330 e. The van der Waals surface area contributed by atoms with Crippen molar-refractivity contribution in [3.63, 3.8) is 0 Å². The summed E-state index contributed by atoms with van der Waals surface area (Å²) in [5.74, 6) is 0.245. The lowest BCUT2D eigenvalue weighted by atomic mass is 9.90. The van der Waals surface area contributed by atoms with Gasteiger partial charge in [-0.25, -0.2) is 0 Å². The van der Waals surface area contributed by atoms with Crippen LogP contribution in [0.1, 0.15) is 58.2 Å². The van der Waals surface area contributed by atoms with Crippen LogP contribution in [0.5, 0.6) is 0 Å². The molecule has 4 rings (SSSR count). The Bertz CT molecular complexity index is 1170. The Hall–Kier alpha value is -2.63. The zero-order valence-electron chi connectivity index (χ0n) is 20.0. The van der Waals surface area contributed by atoms with Crippen LogP contribution < -0.4 is 0 Å². The number of amides is 2. The van der Waals surface area contributed by atoms with Crippen molar-refractivity contribution in [1.82, 2.24) is 9.80 Å². The molecule has 1 unspecified atom stereocenters. The maximum absolute atomic E-state index is 13.8. The fourth-order valence-corrected chi connectivity index (χ4v) is 5.63. The molecular weight excluding hydrogens is 464 g/mol. The number of hydrogen-bond donors (Lipinski definition) is 0. The topological polar surface area (TPSA) is 40.6 Å². The van der Waals surface area contributed by atoms with Crippen LogP contribution in [0.15, 0.2) is 60.0 Å². The van der Waals surface area contributed by atoms with Crippen molar-refractivity contribution < 1.29 is 9.59 Å². The van der Waals surface area contributed by atoms with Crippen LogP contribution in [-0.4, -0.2) is 41.2 Å². The van der Waals surface area contributed by atoms with Gasteiger partial charge < -0.3 is 9.80 Å². The molecule has 1 aliphatic heterocycles. The van der Waals surface area contributed by atoms with Gasteiger partial charge in [-0.1, -0.05) is 55.8 Å². The van der Waals surface area contributed by atoms with Gasteiger partial charge in [0, 0.05) is 28.6 Å². The summed E-state index contributed by atoms with van der Waals surface area (Å²) >= 11 is 7.90. The first-order valence-corrected chi connectivity index (χ1v) is 13.1. The van der Waals surface area contributed by atoms with Gasteiger partial charge in [0.1, 0.15) is 6.54 Å². The fourth-order valence-electron chi connectivity index (χ4n) is 4.54. The highest BCUT2D eigenvalue weighted by atomic mass is 35.5. The van der Waals surface area contributed by atoms with Crippen LogP contribution in [0, 0.1) is 12.8 Å². The largest absolute Gasteiger partial charge is 0.330 e. The van der Waals surface area contributed by atoms with Crippen molar-refractivity contribution in [2.24, 2.45) is 5.92 Å². The van der Waals surface area contributed by atoms with Gasteiger partial charge in [0.25, 0.3) is 5.91 Å². The average molecular weight is 495 g/mol. The molecular formula is C28H31ClN2O2S. The highest BCUT2D eigenvalue weighted by molar-refractivity contribution is 7.10. The Balaban J connectivity index is 1.63. The Morgan fingerprint density at radius 2 is 1.91 bits per heavy atom. The number of hydrogen-bond acceptors (Lipinski definition) is 3. The van der Waals surface area contributed by atoms with E-state index in [1.165, 1.54) is 10.4 Å². The van der Waals surface area contributed by atoms with E-state index in [4.69, 9.17) is 11.6 Å². The summed E-state index contributed by atoms with van der Waals surface area (Å²) in [6.45, 7) is 7.58. The molecule has 2 amide bonds. The Morgan fingerprint density at radius 3 is 2.65 bits per heavy atom. The smallest absolute Gasteiger partial charge is 0.254 e. The summed E-state index contributed by atoms with van der Waals surface area (Å²) in [7, 11) is 0. The van der Waals surface area contributed by atoms with Crippen molar-refractivity contribution in [2.45, 2.75) is 39.7 Å². The number of aryl methyl sites for hydroxylation is 1. The van der Waals surface area contributed by atoms with Crippen LogP contribution in [0.25, 0.3) is 0 Å². The predicted octanol–water partition coefficient (Wildman–Crippen LogP) is 6.37. The van der Waals surface area contributed by atoms with Gasteiger partial charge in [-0.15, -0.1) is 11.3 Å². The van der Waals surface area contributed by atoms with Crippen LogP contribution >= 0.6 is 22.9 Å². The number of carbonyl (C=O) groups is 2. The van der Waals surface area contributed by atoms with Crippen LogP contribution in [0.2, 0.25) is 5.02 Å².